The second-order valence-corrected chi connectivity index (χ2v) is 4.28. The minimum Gasteiger partial charge on any atom is -0.238 e. The highest BCUT2D eigenvalue weighted by molar-refractivity contribution is 6.21. The van der Waals surface area contributed by atoms with Gasteiger partial charge in [0.05, 0.1) is 0 Å². The van der Waals surface area contributed by atoms with Gasteiger partial charge in [0.1, 0.15) is 5.82 Å². The average Bonchev–Trinajstić information content (AvgIpc) is 2.14. The molecule has 0 aliphatic heterocycles. The first-order valence-electron chi connectivity index (χ1n) is 5.00. The summed E-state index contributed by atoms with van der Waals surface area (Å²) in [5.74, 6) is 1.09. The quantitative estimate of drug-likeness (QED) is 0.720. The Morgan fingerprint density at radius 1 is 1.29 bits per heavy atom. The molecule has 0 bridgehead atoms. The summed E-state index contributed by atoms with van der Waals surface area (Å²) in [5, 5.41) is 0.121. The molecule has 0 N–H and O–H groups in total. The van der Waals surface area contributed by atoms with Gasteiger partial charge < -0.3 is 0 Å². The first-order chi connectivity index (χ1) is 6.54. The summed E-state index contributed by atoms with van der Waals surface area (Å²) in [6, 6.07) is 1.98. The van der Waals surface area contributed by atoms with Crippen molar-refractivity contribution < 1.29 is 0 Å². The normalized spacial score (nSPS) is 15.2. The summed E-state index contributed by atoms with van der Waals surface area (Å²) in [6.07, 6.45) is 0.944. The van der Waals surface area contributed by atoms with E-state index in [1.54, 1.807) is 0 Å². The van der Waals surface area contributed by atoms with Crippen molar-refractivity contribution in [1.82, 2.24) is 9.97 Å². The largest absolute Gasteiger partial charge is 0.238 e. The Balaban J connectivity index is 2.94. The van der Waals surface area contributed by atoms with Gasteiger partial charge in [-0.15, -0.1) is 11.6 Å². The molecule has 2 atom stereocenters. The molecule has 0 saturated carbocycles. The maximum atomic E-state index is 6.17. The van der Waals surface area contributed by atoms with E-state index < -0.39 is 0 Å². The lowest BCUT2D eigenvalue weighted by Crippen LogP contribution is -2.13. The fraction of sp³-hybridized carbons (Fsp3) is 0.636. The Kier molecular flexibility index (Phi) is 3.87. The topological polar surface area (TPSA) is 25.8 Å². The number of aromatic nitrogens is 2. The van der Waals surface area contributed by atoms with Crippen LogP contribution < -0.4 is 0 Å². The molecule has 0 saturated heterocycles. The van der Waals surface area contributed by atoms with Crippen molar-refractivity contribution in [3.63, 3.8) is 0 Å². The lowest BCUT2D eigenvalue weighted by atomic mass is 10.0. The number of alkyl halides is 1. The van der Waals surface area contributed by atoms with Crippen LogP contribution in [-0.2, 0) is 0 Å². The van der Waals surface area contributed by atoms with Gasteiger partial charge in [-0.25, -0.2) is 9.97 Å². The van der Waals surface area contributed by atoms with Crippen molar-refractivity contribution in [2.24, 2.45) is 0 Å². The summed E-state index contributed by atoms with van der Waals surface area (Å²) in [4.78, 5) is 8.81. The van der Waals surface area contributed by atoms with E-state index in [1.807, 2.05) is 19.9 Å². The molecule has 0 aromatic carbocycles. The average molecular weight is 213 g/mol. The van der Waals surface area contributed by atoms with E-state index in [1.165, 1.54) is 0 Å². The minimum atomic E-state index is 0.121. The van der Waals surface area contributed by atoms with Crippen molar-refractivity contribution in [3.05, 3.63) is 23.3 Å². The molecule has 0 aliphatic carbocycles. The molecule has 0 spiro atoms. The zero-order valence-electron chi connectivity index (χ0n) is 9.21. The third kappa shape index (κ3) is 2.68. The third-order valence-electron chi connectivity index (χ3n) is 2.34. The molecule has 78 valence electrons. The van der Waals surface area contributed by atoms with Crippen LogP contribution in [0.5, 0.6) is 0 Å². The molecular formula is C11H17ClN2. The fourth-order valence-electron chi connectivity index (χ4n) is 1.47. The van der Waals surface area contributed by atoms with Crippen LogP contribution in [-0.4, -0.2) is 15.3 Å². The number of aryl methyl sites for hydroxylation is 2. The molecule has 2 nitrogen and oxygen atoms in total. The standard InChI is InChI=1S/C11H17ClN2/c1-5-10(12)9(4)11-13-7(2)6-8(3)14-11/h6,9-10H,5H2,1-4H3. The molecule has 0 aliphatic rings. The molecule has 1 aromatic heterocycles. The molecular weight excluding hydrogens is 196 g/mol. The van der Waals surface area contributed by atoms with Crippen LogP contribution in [0.25, 0.3) is 0 Å². The van der Waals surface area contributed by atoms with E-state index in [0.29, 0.717) is 0 Å². The van der Waals surface area contributed by atoms with Crippen LogP contribution in [0.2, 0.25) is 0 Å². The first-order valence-corrected chi connectivity index (χ1v) is 5.44. The fourth-order valence-corrected chi connectivity index (χ4v) is 1.58. The number of hydrogen-bond acceptors (Lipinski definition) is 2. The lowest BCUT2D eigenvalue weighted by Gasteiger charge is -2.15. The number of rotatable bonds is 3. The van der Waals surface area contributed by atoms with Gasteiger partial charge in [-0.05, 0) is 26.3 Å². The summed E-state index contributed by atoms with van der Waals surface area (Å²) < 4.78 is 0. The van der Waals surface area contributed by atoms with Crippen molar-refractivity contribution in [1.29, 1.82) is 0 Å². The SMILES string of the molecule is CCC(Cl)C(C)c1nc(C)cc(C)n1. The van der Waals surface area contributed by atoms with Crippen molar-refractivity contribution in [2.45, 2.75) is 45.4 Å². The van der Waals surface area contributed by atoms with Gasteiger partial charge in [0.15, 0.2) is 0 Å². The van der Waals surface area contributed by atoms with E-state index in [2.05, 4.69) is 23.8 Å². The summed E-state index contributed by atoms with van der Waals surface area (Å²) in [6.45, 7) is 8.13. The monoisotopic (exact) mass is 212 g/mol. The highest BCUT2D eigenvalue weighted by Crippen LogP contribution is 2.22. The van der Waals surface area contributed by atoms with E-state index in [9.17, 15) is 0 Å². The zero-order chi connectivity index (χ0) is 10.7. The van der Waals surface area contributed by atoms with Gasteiger partial charge in [-0.2, -0.15) is 0 Å². The molecule has 1 rings (SSSR count). The van der Waals surface area contributed by atoms with Crippen LogP contribution >= 0.6 is 11.6 Å². The van der Waals surface area contributed by atoms with Gasteiger partial charge in [0.2, 0.25) is 0 Å². The van der Waals surface area contributed by atoms with Gasteiger partial charge in [-0.3, -0.25) is 0 Å². The molecule has 3 heteroatoms. The molecule has 1 heterocycles. The highest BCUT2D eigenvalue weighted by Gasteiger charge is 2.17. The Hall–Kier alpha value is -0.630. The van der Waals surface area contributed by atoms with Crippen molar-refractivity contribution in [2.75, 3.05) is 0 Å². The van der Waals surface area contributed by atoms with Crippen molar-refractivity contribution in [3.8, 4) is 0 Å². The zero-order valence-corrected chi connectivity index (χ0v) is 9.97. The number of halogens is 1. The smallest absolute Gasteiger partial charge is 0.133 e. The minimum absolute atomic E-state index is 0.121. The van der Waals surface area contributed by atoms with E-state index >= 15 is 0 Å². The number of nitrogens with zero attached hydrogens (tertiary/aromatic N) is 2. The molecule has 0 amide bonds. The van der Waals surface area contributed by atoms with Gasteiger partial charge in [0.25, 0.3) is 0 Å². The molecule has 14 heavy (non-hydrogen) atoms. The van der Waals surface area contributed by atoms with Crippen LogP contribution in [0, 0.1) is 13.8 Å². The van der Waals surface area contributed by atoms with Gasteiger partial charge >= 0.3 is 0 Å². The Morgan fingerprint density at radius 3 is 2.21 bits per heavy atom. The first kappa shape index (κ1) is 11.4. The summed E-state index contributed by atoms with van der Waals surface area (Å²) >= 11 is 6.17. The highest BCUT2D eigenvalue weighted by atomic mass is 35.5. The van der Waals surface area contributed by atoms with Crippen molar-refractivity contribution >= 4 is 11.6 Å². The summed E-state index contributed by atoms with van der Waals surface area (Å²) in [7, 11) is 0. The maximum Gasteiger partial charge on any atom is 0.133 e. The van der Waals surface area contributed by atoms with Crippen LogP contribution in [0.15, 0.2) is 6.07 Å². The van der Waals surface area contributed by atoms with Crippen LogP contribution in [0.3, 0.4) is 0 Å². The van der Waals surface area contributed by atoms with E-state index in [0.717, 1.165) is 23.6 Å². The second-order valence-electron chi connectivity index (χ2n) is 3.72. The lowest BCUT2D eigenvalue weighted by molar-refractivity contribution is 0.630. The Bertz CT molecular complexity index is 292. The van der Waals surface area contributed by atoms with Crippen LogP contribution in [0.4, 0.5) is 0 Å². The Morgan fingerprint density at radius 2 is 1.79 bits per heavy atom. The molecule has 0 fully saturated rings. The Labute approximate surface area is 90.7 Å². The third-order valence-corrected chi connectivity index (χ3v) is 3.03. The maximum absolute atomic E-state index is 6.17. The predicted octanol–water partition coefficient (Wildman–Crippen LogP) is 3.21. The molecule has 2 unspecified atom stereocenters. The van der Waals surface area contributed by atoms with E-state index in [4.69, 9.17) is 11.6 Å². The molecule has 1 aromatic rings. The van der Waals surface area contributed by atoms with Crippen LogP contribution in [0.1, 0.15) is 43.4 Å². The second kappa shape index (κ2) is 4.74. The van der Waals surface area contributed by atoms with E-state index in [-0.39, 0.29) is 11.3 Å². The van der Waals surface area contributed by atoms with Gasteiger partial charge in [0, 0.05) is 22.7 Å². The number of hydrogen-bond donors (Lipinski definition) is 0. The summed E-state index contributed by atoms with van der Waals surface area (Å²) in [5.41, 5.74) is 2.03. The van der Waals surface area contributed by atoms with Gasteiger partial charge in [-0.1, -0.05) is 13.8 Å². The predicted molar refractivity (Wildman–Crippen MR) is 59.9 cm³/mol. The molecule has 0 radical (unpaired) electrons.